The first-order valence-electron chi connectivity index (χ1n) is 8.62. The Hall–Kier alpha value is -2.82. The van der Waals surface area contributed by atoms with Gasteiger partial charge < -0.3 is 15.5 Å². The summed E-state index contributed by atoms with van der Waals surface area (Å²) in [4.78, 5) is 26.4. The van der Waals surface area contributed by atoms with E-state index < -0.39 is 0 Å². The summed E-state index contributed by atoms with van der Waals surface area (Å²) >= 11 is 0. The van der Waals surface area contributed by atoms with Crippen molar-refractivity contribution in [3.05, 3.63) is 60.2 Å². The van der Waals surface area contributed by atoms with Crippen molar-refractivity contribution in [3.8, 4) is 0 Å². The smallest absolute Gasteiger partial charge is 0.251 e. The zero-order valence-corrected chi connectivity index (χ0v) is 14.8. The van der Waals surface area contributed by atoms with Crippen LogP contribution < -0.4 is 15.5 Å². The second-order valence-electron chi connectivity index (χ2n) is 5.73. The first-order valence-corrected chi connectivity index (χ1v) is 8.62. The minimum absolute atomic E-state index is 0.114. The second-order valence-corrected chi connectivity index (χ2v) is 5.73. The number of likely N-dealkylation sites (N-methyl/N-ethyl adjacent to an activating group) is 1. The molecule has 0 aliphatic carbocycles. The molecule has 2 amide bonds. The Morgan fingerprint density at radius 1 is 1.00 bits per heavy atom. The predicted octanol–water partition coefficient (Wildman–Crippen LogP) is 3.29. The Balaban J connectivity index is 1.99. The van der Waals surface area contributed by atoms with Crippen LogP contribution in [0.5, 0.6) is 0 Å². The number of carbonyl (C=O) groups is 2. The molecule has 5 heteroatoms. The lowest BCUT2D eigenvalue weighted by Crippen LogP contribution is -2.33. The van der Waals surface area contributed by atoms with Crippen LogP contribution >= 0.6 is 0 Å². The summed E-state index contributed by atoms with van der Waals surface area (Å²) < 4.78 is 0. The number of hydrogen-bond acceptors (Lipinski definition) is 3. The maximum Gasteiger partial charge on any atom is 0.251 e. The van der Waals surface area contributed by atoms with Crippen molar-refractivity contribution >= 4 is 23.2 Å². The fourth-order valence-electron chi connectivity index (χ4n) is 2.48. The van der Waals surface area contributed by atoms with E-state index in [1.165, 1.54) is 0 Å². The number of nitrogens with zero attached hydrogens (tertiary/aromatic N) is 1. The van der Waals surface area contributed by atoms with Gasteiger partial charge in [0.15, 0.2) is 0 Å². The molecular formula is C20H25N3O2. The summed E-state index contributed by atoms with van der Waals surface area (Å²) in [5, 5.41) is 5.70. The molecule has 2 rings (SSSR count). The summed E-state index contributed by atoms with van der Waals surface area (Å²) in [6.45, 7) is 5.64. The number of amides is 2. The number of para-hydroxylation sites is 1. The van der Waals surface area contributed by atoms with Crippen molar-refractivity contribution in [1.29, 1.82) is 0 Å². The maximum atomic E-state index is 12.4. The van der Waals surface area contributed by atoms with Crippen molar-refractivity contribution in [3.63, 3.8) is 0 Å². The number of benzene rings is 2. The van der Waals surface area contributed by atoms with Gasteiger partial charge in [0.05, 0.1) is 6.54 Å². The zero-order chi connectivity index (χ0) is 18.1. The lowest BCUT2D eigenvalue weighted by atomic mass is 10.2. The second kappa shape index (κ2) is 9.47. The average Bonchev–Trinajstić information content (AvgIpc) is 2.65. The van der Waals surface area contributed by atoms with Crippen LogP contribution in [0.15, 0.2) is 54.6 Å². The molecule has 5 nitrogen and oxygen atoms in total. The third kappa shape index (κ3) is 5.64. The number of rotatable bonds is 8. The van der Waals surface area contributed by atoms with Gasteiger partial charge in [0.2, 0.25) is 5.91 Å². The van der Waals surface area contributed by atoms with Crippen LogP contribution in [0, 0.1) is 0 Å². The van der Waals surface area contributed by atoms with Crippen molar-refractivity contribution < 1.29 is 9.59 Å². The van der Waals surface area contributed by atoms with Gasteiger partial charge in [-0.1, -0.05) is 31.2 Å². The topological polar surface area (TPSA) is 61.4 Å². The molecule has 25 heavy (non-hydrogen) atoms. The van der Waals surface area contributed by atoms with Gasteiger partial charge in [0.1, 0.15) is 0 Å². The standard InChI is InChI=1S/C20H25N3O2/c1-3-13-21-20(25)16-9-8-10-17(14-16)22-19(24)15-23(4-2)18-11-6-5-7-12-18/h5-12,14H,3-4,13,15H2,1-2H3,(H,21,25)(H,22,24). The summed E-state index contributed by atoms with van der Waals surface area (Å²) in [7, 11) is 0. The van der Waals surface area contributed by atoms with Crippen LogP contribution in [-0.2, 0) is 4.79 Å². The summed E-state index contributed by atoms with van der Waals surface area (Å²) in [5.74, 6) is -0.241. The lowest BCUT2D eigenvalue weighted by molar-refractivity contribution is -0.115. The fourth-order valence-corrected chi connectivity index (χ4v) is 2.48. The molecule has 0 saturated carbocycles. The van der Waals surface area contributed by atoms with Crippen LogP contribution in [0.3, 0.4) is 0 Å². The van der Waals surface area contributed by atoms with Crippen molar-refractivity contribution in [2.75, 3.05) is 29.9 Å². The molecular weight excluding hydrogens is 314 g/mol. The van der Waals surface area contributed by atoms with Gasteiger partial charge in [0.25, 0.3) is 5.91 Å². The molecule has 0 heterocycles. The van der Waals surface area contributed by atoms with Crippen molar-refractivity contribution in [1.82, 2.24) is 5.32 Å². The first kappa shape index (κ1) is 18.5. The highest BCUT2D eigenvalue weighted by Gasteiger charge is 2.11. The highest BCUT2D eigenvalue weighted by atomic mass is 16.2. The van der Waals surface area contributed by atoms with E-state index in [9.17, 15) is 9.59 Å². The average molecular weight is 339 g/mol. The van der Waals surface area contributed by atoms with E-state index in [1.807, 2.05) is 49.1 Å². The minimum atomic E-state index is -0.127. The van der Waals surface area contributed by atoms with Gasteiger partial charge in [-0.25, -0.2) is 0 Å². The first-order chi connectivity index (χ1) is 12.1. The maximum absolute atomic E-state index is 12.4. The molecule has 0 aromatic heterocycles. The molecule has 0 bridgehead atoms. The predicted molar refractivity (Wildman–Crippen MR) is 102 cm³/mol. The molecule has 0 aliphatic heterocycles. The number of hydrogen-bond donors (Lipinski definition) is 2. The van der Waals surface area contributed by atoms with Crippen LogP contribution in [-0.4, -0.2) is 31.4 Å². The molecule has 132 valence electrons. The van der Waals surface area contributed by atoms with Crippen LogP contribution in [0.25, 0.3) is 0 Å². The number of anilines is 2. The van der Waals surface area contributed by atoms with E-state index in [0.29, 0.717) is 17.8 Å². The Morgan fingerprint density at radius 3 is 2.44 bits per heavy atom. The third-order valence-electron chi connectivity index (χ3n) is 3.78. The lowest BCUT2D eigenvalue weighted by Gasteiger charge is -2.22. The highest BCUT2D eigenvalue weighted by Crippen LogP contribution is 2.14. The van der Waals surface area contributed by atoms with Gasteiger partial charge in [0, 0.05) is 30.0 Å². The van der Waals surface area contributed by atoms with Gasteiger partial charge in [-0.05, 0) is 43.7 Å². The molecule has 0 fully saturated rings. The monoisotopic (exact) mass is 339 g/mol. The molecule has 0 atom stereocenters. The third-order valence-corrected chi connectivity index (χ3v) is 3.78. The zero-order valence-electron chi connectivity index (χ0n) is 14.8. The summed E-state index contributed by atoms with van der Waals surface area (Å²) in [6, 6.07) is 16.8. The molecule has 0 spiro atoms. The Bertz CT molecular complexity index is 701. The molecule has 2 N–H and O–H groups in total. The van der Waals surface area contributed by atoms with Crippen LogP contribution in [0.1, 0.15) is 30.6 Å². The van der Waals surface area contributed by atoms with E-state index in [1.54, 1.807) is 24.3 Å². The van der Waals surface area contributed by atoms with Crippen LogP contribution in [0.2, 0.25) is 0 Å². The van der Waals surface area contributed by atoms with Crippen molar-refractivity contribution in [2.45, 2.75) is 20.3 Å². The van der Waals surface area contributed by atoms with E-state index in [0.717, 1.165) is 18.7 Å². The summed E-state index contributed by atoms with van der Waals surface area (Å²) in [5.41, 5.74) is 2.17. The molecule has 2 aromatic rings. The summed E-state index contributed by atoms with van der Waals surface area (Å²) in [6.07, 6.45) is 0.883. The largest absolute Gasteiger partial charge is 0.362 e. The quantitative estimate of drug-likeness (QED) is 0.776. The minimum Gasteiger partial charge on any atom is -0.362 e. The van der Waals surface area contributed by atoms with Gasteiger partial charge in [-0.2, -0.15) is 0 Å². The fraction of sp³-hybridized carbons (Fsp3) is 0.300. The van der Waals surface area contributed by atoms with Crippen molar-refractivity contribution in [2.24, 2.45) is 0 Å². The molecule has 0 saturated heterocycles. The van der Waals surface area contributed by atoms with Gasteiger partial charge in [-0.3, -0.25) is 9.59 Å². The Kier molecular flexibility index (Phi) is 7.01. The van der Waals surface area contributed by atoms with Gasteiger partial charge >= 0.3 is 0 Å². The SMILES string of the molecule is CCCNC(=O)c1cccc(NC(=O)CN(CC)c2ccccc2)c1. The molecule has 0 aliphatic rings. The van der Waals surface area contributed by atoms with Gasteiger partial charge in [-0.15, -0.1) is 0 Å². The highest BCUT2D eigenvalue weighted by molar-refractivity contribution is 5.98. The van der Waals surface area contributed by atoms with E-state index in [2.05, 4.69) is 10.6 Å². The van der Waals surface area contributed by atoms with E-state index in [4.69, 9.17) is 0 Å². The molecule has 0 unspecified atom stereocenters. The molecule has 0 radical (unpaired) electrons. The Labute approximate surface area is 149 Å². The van der Waals surface area contributed by atoms with Crippen LogP contribution in [0.4, 0.5) is 11.4 Å². The number of nitrogens with one attached hydrogen (secondary N) is 2. The van der Waals surface area contributed by atoms with E-state index in [-0.39, 0.29) is 18.4 Å². The number of carbonyl (C=O) groups excluding carboxylic acids is 2. The normalized spacial score (nSPS) is 10.2. The van der Waals surface area contributed by atoms with E-state index >= 15 is 0 Å². The Morgan fingerprint density at radius 2 is 1.76 bits per heavy atom. The molecule has 2 aromatic carbocycles.